The monoisotopic (exact) mass is 1330 g/mol. The molecular weight excluding hydrogens is 1240 g/mol. The number of thioether (sulfide) groups is 1. The zero-order chi connectivity index (χ0) is 69.1. The Kier molecular flexibility index (Phi) is 32.6. The van der Waals surface area contributed by atoms with Gasteiger partial charge in [0, 0.05) is 44.6 Å². The first-order chi connectivity index (χ1) is 43.3. The molecule has 0 aromatic heterocycles. The number of carboxylic acid groups (broad SMARTS) is 2. The van der Waals surface area contributed by atoms with Crippen LogP contribution < -0.4 is 65.5 Å². The van der Waals surface area contributed by atoms with E-state index in [0.29, 0.717) is 6.42 Å². The van der Waals surface area contributed by atoms with Gasteiger partial charge in [-0.1, -0.05) is 26.0 Å². The highest BCUT2D eigenvalue weighted by Crippen LogP contribution is 2.27. The number of nitrogens with two attached hydrogens (primary N) is 3. The number of carboxylic acids is 2. The second-order valence-corrected chi connectivity index (χ2v) is 23.7. The highest BCUT2D eigenvalue weighted by molar-refractivity contribution is 8.00. The normalized spacial score (nSPS) is 19.9. The summed E-state index contributed by atoms with van der Waals surface area (Å²) in [6, 6.07) is -9.16. The minimum Gasteiger partial charge on any atom is -0.508 e. The van der Waals surface area contributed by atoms with E-state index >= 15 is 0 Å². The fourth-order valence-electron chi connectivity index (χ4n) is 9.62. The molecule has 1 aromatic carbocycles. The average molecular weight is 1330 g/mol. The van der Waals surface area contributed by atoms with E-state index in [2.05, 4.69) is 53.3 Å². The molecule has 11 amide bonds. The van der Waals surface area contributed by atoms with Crippen molar-refractivity contribution >= 4 is 94.6 Å². The molecule has 0 spiro atoms. The van der Waals surface area contributed by atoms with Crippen LogP contribution in [0.15, 0.2) is 29.3 Å². The summed E-state index contributed by atoms with van der Waals surface area (Å²) in [5.41, 5.74) is 20.1. The Hall–Kier alpha value is -8.33. The highest BCUT2D eigenvalue weighted by Gasteiger charge is 2.43. The number of imide groups is 1. The van der Waals surface area contributed by atoms with Gasteiger partial charge in [-0.3, -0.25) is 72.3 Å². The van der Waals surface area contributed by atoms with Crippen molar-refractivity contribution in [2.75, 3.05) is 51.7 Å². The van der Waals surface area contributed by atoms with E-state index < -0.39 is 200 Å². The number of aliphatic carboxylic acids is 2. The summed E-state index contributed by atoms with van der Waals surface area (Å²) in [4.78, 5) is 179. The topological polar surface area (TPSA) is 605 Å². The van der Waals surface area contributed by atoms with Gasteiger partial charge in [0.15, 0.2) is 12.5 Å². The number of aliphatic hydroxyl groups is 5. The molecule has 13 unspecified atom stereocenters. The van der Waals surface area contributed by atoms with Crippen molar-refractivity contribution in [3.05, 3.63) is 29.8 Å². The number of benzene rings is 1. The van der Waals surface area contributed by atoms with Gasteiger partial charge in [0.1, 0.15) is 66.3 Å². The number of aromatic hydroxyl groups is 1. The molecule has 13 atom stereocenters. The van der Waals surface area contributed by atoms with Gasteiger partial charge in [0.25, 0.3) is 5.91 Å². The van der Waals surface area contributed by atoms with Gasteiger partial charge in [-0.05, 0) is 75.6 Å². The van der Waals surface area contributed by atoms with Crippen LogP contribution in [0.5, 0.6) is 5.75 Å². The van der Waals surface area contributed by atoms with Crippen molar-refractivity contribution in [2.24, 2.45) is 28.1 Å². The summed E-state index contributed by atoms with van der Waals surface area (Å²) >= 11 is 0.796. The maximum Gasteiger partial charge on any atom is 0.327 e. The Labute approximate surface area is 532 Å². The van der Waals surface area contributed by atoms with Crippen molar-refractivity contribution in [1.29, 1.82) is 0 Å². The first-order valence-electron chi connectivity index (χ1n) is 29.5. The van der Waals surface area contributed by atoms with Gasteiger partial charge in [-0.15, -0.1) is 11.8 Å². The minimum atomic E-state index is -2.02. The molecule has 1 aromatic rings. The zero-order valence-electron chi connectivity index (χ0n) is 51.2. The van der Waals surface area contributed by atoms with Crippen molar-refractivity contribution < 1.29 is 109 Å². The van der Waals surface area contributed by atoms with Crippen LogP contribution in [0.25, 0.3) is 0 Å². The lowest BCUT2D eigenvalue weighted by molar-refractivity contribution is -0.355. The number of nitrogens with one attached hydrogen (secondary N) is 8. The van der Waals surface area contributed by atoms with Crippen LogP contribution in [0.1, 0.15) is 84.1 Å². The summed E-state index contributed by atoms with van der Waals surface area (Å²) in [5.74, 6) is -15.2. The first-order valence-corrected chi connectivity index (χ1v) is 30.6. The van der Waals surface area contributed by atoms with Crippen LogP contribution in [0, 0.1) is 5.92 Å². The van der Waals surface area contributed by atoms with Gasteiger partial charge in [-0.25, -0.2) is 4.79 Å². The number of hydrogen-bond acceptors (Lipinski definition) is 22. The molecule has 2 heterocycles. The molecule has 3 rings (SSSR count). The molecule has 2 aliphatic rings. The van der Waals surface area contributed by atoms with E-state index in [1.54, 1.807) is 18.7 Å². The number of aliphatic imine (C=N–C) groups is 1. The van der Waals surface area contributed by atoms with E-state index in [1.165, 1.54) is 31.2 Å². The molecule has 0 radical (unpaired) electrons. The standard InChI is InChI=1S/C55H87N15O21S/c1-26(2)17-32(49(85)68-36(54(90)91)25-92-39-20-42(77)70(53(39)89)16-5-4-15-69-22-38(74)45(81)44(80)37(69)24-72)64-47(83)30(7-6-14-60-55(58)59)62-48(84)31(12-13-40(57)75)63-50(86)33(18-28-8-10-29(73)11-9-28)65-51(87)34(19-43(78)79)66-52(88)35(23-71)67-46(82)27(3)61-41(76)21-56/h8-11,26-27,30-39,44-45,71-74,80-81H,4-7,12-25,56H2,1-3H3,(H2,57,75)(H,61,76)(H,62,84)(H,63,86)(H,64,83)(H,65,87)(H,66,88)(H,67,82)(H,68,85)(H,78,79)(H,90,91)(H4,58,59,60)/p+1. The highest BCUT2D eigenvalue weighted by atomic mass is 32.2. The van der Waals surface area contributed by atoms with Crippen molar-refractivity contribution in [3.63, 3.8) is 0 Å². The van der Waals surface area contributed by atoms with Crippen LogP contribution in [-0.2, 0) is 68.7 Å². The van der Waals surface area contributed by atoms with Crippen LogP contribution in [-0.4, -0.2) is 263 Å². The maximum atomic E-state index is 14.4. The number of piperidine rings is 1. The van der Waals surface area contributed by atoms with Gasteiger partial charge in [0.05, 0.1) is 37.0 Å². The number of nitrogens with zero attached hydrogens (tertiary/aromatic N) is 3. The number of likely N-dealkylation sites (tertiary alicyclic amines) is 2. The Balaban J connectivity index is 1.85. The lowest BCUT2D eigenvalue weighted by Gasteiger charge is -2.43. The number of phenolic OH excluding ortho intramolecular Hbond substituents is 1. The number of hydrogen-bond donors (Lipinski definition) is 20. The van der Waals surface area contributed by atoms with E-state index in [1.807, 2.05) is 0 Å². The number of carbonyl (C=O) groups excluding carboxylic acids is 11. The molecule has 2 aliphatic heterocycles. The average Bonchev–Trinajstić information content (AvgIpc) is 1.29. The van der Waals surface area contributed by atoms with Crippen molar-refractivity contribution in [1.82, 2.24) is 52.3 Å². The number of rotatable bonds is 40. The van der Waals surface area contributed by atoms with Crippen LogP contribution in [0.3, 0.4) is 0 Å². The number of quaternary nitrogens is 1. The molecule has 0 saturated carbocycles. The number of primary amides is 1. The van der Waals surface area contributed by atoms with E-state index in [9.17, 15) is 103 Å². The molecule has 2 saturated heterocycles. The second-order valence-electron chi connectivity index (χ2n) is 22.5. The molecule has 36 nitrogen and oxygen atoms in total. The Morgan fingerprint density at radius 2 is 1.21 bits per heavy atom. The number of aliphatic hydroxyl groups excluding tert-OH is 5. The Bertz CT molecular complexity index is 2780. The largest absolute Gasteiger partial charge is 0.508 e. The van der Waals surface area contributed by atoms with Gasteiger partial charge in [-0.2, -0.15) is 0 Å². The molecule has 25 N–H and O–H groups in total. The molecular formula is C55H88N15O21S+. The van der Waals surface area contributed by atoms with Crippen LogP contribution in [0.4, 0.5) is 0 Å². The van der Waals surface area contributed by atoms with Crippen LogP contribution in [0.2, 0.25) is 0 Å². The Morgan fingerprint density at radius 1 is 0.674 bits per heavy atom. The molecule has 0 bridgehead atoms. The van der Waals surface area contributed by atoms with Crippen LogP contribution >= 0.6 is 11.8 Å². The fourth-order valence-corrected chi connectivity index (χ4v) is 10.8. The quantitative estimate of drug-likeness (QED) is 0.0126. The molecule has 37 heteroatoms. The maximum absolute atomic E-state index is 14.4. The number of β-amino-alcohol motifs (C(OH)–C–C–N with tert-alkyl or cyclic N) is 1. The second kappa shape index (κ2) is 38.5. The molecule has 514 valence electrons. The SMILES string of the molecule is CC(C)CC(NC(=O)C(CCCN=C(N)N)NC(=O)C(CCC(N)=O)NC(=O)C(Cc1ccc(O)cc1)NC(=O)C(CC(=O)O)NC(=O)C(CO)NC(=O)C(C)NC(=O)C[NH3+])C(=O)NC(CSC1CC(=O)N(CCCCN2CC(O)C(O)C(O)C2CO)C1=O)C(=O)O. The predicted molar refractivity (Wildman–Crippen MR) is 323 cm³/mol. The van der Waals surface area contributed by atoms with Gasteiger partial charge >= 0.3 is 11.9 Å². The molecule has 92 heavy (non-hydrogen) atoms. The number of unbranched alkanes of at least 4 members (excludes halogenated alkanes) is 1. The van der Waals surface area contributed by atoms with E-state index in [4.69, 9.17) is 17.2 Å². The number of amides is 11. The minimum absolute atomic E-state index is 0.0202. The summed E-state index contributed by atoms with van der Waals surface area (Å²) in [6.45, 7) is 2.85. The van der Waals surface area contributed by atoms with Gasteiger partial charge < -0.3 is 106 Å². The zero-order valence-corrected chi connectivity index (χ0v) is 52.0. The first kappa shape index (κ1) is 77.9. The van der Waals surface area contributed by atoms with E-state index in [-0.39, 0.29) is 88.0 Å². The summed E-state index contributed by atoms with van der Waals surface area (Å²) in [5, 5.41) is 97.8. The third-order valence-corrected chi connectivity index (χ3v) is 15.9. The predicted octanol–water partition coefficient (Wildman–Crippen LogP) is -9.61. The molecule has 0 aliphatic carbocycles. The third-order valence-electron chi connectivity index (χ3n) is 14.6. The smallest absolute Gasteiger partial charge is 0.327 e. The third kappa shape index (κ3) is 25.7. The van der Waals surface area contributed by atoms with Crippen molar-refractivity contribution in [3.8, 4) is 5.75 Å². The van der Waals surface area contributed by atoms with Gasteiger partial charge in [0.2, 0.25) is 59.1 Å². The summed E-state index contributed by atoms with van der Waals surface area (Å²) in [7, 11) is 0. The number of carbonyl (C=O) groups is 13. The lowest BCUT2D eigenvalue weighted by Crippen LogP contribution is -2.62. The molecule has 2 fully saturated rings. The van der Waals surface area contributed by atoms with E-state index in [0.717, 1.165) is 16.7 Å². The lowest BCUT2D eigenvalue weighted by atomic mass is 9.94. The number of guanidine groups is 1. The van der Waals surface area contributed by atoms with Crippen molar-refractivity contribution in [2.45, 2.75) is 163 Å². The Morgan fingerprint density at radius 3 is 1.77 bits per heavy atom. The number of phenols is 1. The summed E-state index contributed by atoms with van der Waals surface area (Å²) < 4.78 is 0. The fraction of sp³-hybridized carbons (Fsp3) is 0.636. The summed E-state index contributed by atoms with van der Waals surface area (Å²) in [6.07, 6.45) is -6.93.